The van der Waals surface area contributed by atoms with Gasteiger partial charge in [-0.1, -0.05) is 30.3 Å². The molecule has 1 N–H and O–H groups in total. The molecular weight excluding hydrogens is 368 g/mol. The van der Waals surface area contributed by atoms with Gasteiger partial charge in [0, 0.05) is 0 Å². The quantitative estimate of drug-likeness (QED) is 0.376. The van der Waals surface area contributed by atoms with Crippen LogP contribution < -0.4 is 24.4 Å². The number of nitrogens with one attached hydrogen (secondary N) is 1. The van der Waals surface area contributed by atoms with Crippen molar-refractivity contribution in [2.45, 2.75) is 6.54 Å². The summed E-state index contributed by atoms with van der Waals surface area (Å²) in [5, 5.41) is 4.67. The van der Waals surface area contributed by atoms with E-state index in [0.717, 1.165) is 11.1 Å². The summed E-state index contributed by atoms with van der Waals surface area (Å²) in [5.41, 5.74) is 4.78. The van der Waals surface area contributed by atoms with Crippen molar-refractivity contribution >= 4 is 17.8 Å². The smallest absolute Gasteiger partial charge is 0.180 e. The molecule has 0 aliphatic rings. The number of hydrogen-bond acceptors (Lipinski definition) is 6. The molecule has 27 heavy (non-hydrogen) atoms. The number of hydrogen-bond donors (Lipinski definition) is 1. The zero-order valence-corrected chi connectivity index (χ0v) is 16.4. The second-order valence-electron chi connectivity index (χ2n) is 5.42. The largest absolute Gasteiger partial charge is 0.493 e. The molecule has 0 aromatic heterocycles. The number of hydrazone groups is 1. The highest BCUT2D eigenvalue weighted by molar-refractivity contribution is 6.32. The summed E-state index contributed by atoms with van der Waals surface area (Å²) < 4.78 is 21.4. The lowest BCUT2D eigenvalue weighted by Crippen LogP contribution is -2.06. The summed E-state index contributed by atoms with van der Waals surface area (Å²) in [6.45, 7) is 4.49. The molecule has 144 valence electrons. The van der Waals surface area contributed by atoms with Crippen LogP contribution >= 0.6 is 11.6 Å². The van der Waals surface area contributed by atoms with E-state index < -0.39 is 0 Å². The maximum atomic E-state index is 6.27. The summed E-state index contributed by atoms with van der Waals surface area (Å²) in [7, 11) is 4.77. The van der Waals surface area contributed by atoms with Crippen LogP contribution in [0.15, 0.2) is 48.1 Å². The minimum atomic E-state index is 0.344. The fourth-order valence-electron chi connectivity index (χ4n) is 2.34. The third kappa shape index (κ3) is 5.56. The maximum Gasteiger partial charge on any atom is 0.180 e. The maximum absolute atomic E-state index is 6.27. The van der Waals surface area contributed by atoms with E-state index in [0.29, 0.717) is 41.2 Å². The minimum absolute atomic E-state index is 0.344. The van der Waals surface area contributed by atoms with Gasteiger partial charge in [-0.3, -0.25) is 0 Å². The second-order valence-corrected chi connectivity index (χ2v) is 5.82. The molecule has 0 aliphatic heterocycles. The highest BCUT2D eigenvalue weighted by Gasteiger charge is 2.11. The van der Waals surface area contributed by atoms with Crippen molar-refractivity contribution < 1.29 is 18.9 Å². The van der Waals surface area contributed by atoms with Crippen molar-refractivity contribution in [3.05, 3.63) is 59.1 Å². The van der Waals surface area contributed by atoms with Crippen molar-refractivity contribution in [1.29, 1.82) is 0 Å². The van der Waals surface area contributed by atoms with Crippen LogP contribution in [-0.2, 0) is 6.54 Å². The number of ether oxygens (including phenoxy) is 4. The fourth-order valence-corrected chi connectivity index (χ4v) is 2.62. The van der Waals surface area contributed by atoms with Gasteiger partial charge < -0.3 is 24.4 Å². The third-order valence-electron chi connectivity index (χ3n) is 3.63. The topological polar surface area (TPSA) is 61.3 Å². The Labute approximate surface area is 164 Å². The first-order chi connectivity index (χ1) is 13.1. The molecule has 2 aromatic carbocycles. The Morgan fingerprint density at radius 3 is 2.44 bits per heavy atom. The zero-order valence-electron chi connectivity index (χ0n) is 15.6. The van der Waals surface area contributed by atoms with Crippen LogP contribution in [0.25, 0.3) is 0 Å². The van der Waals surface area contributed by atoms with Gasteiger partial charge in [0.2, 0.25) is 0 Å². The molecule has 0 radical (unpaired) electrons. The summed E-state index contributed by atoms with van der Waals surface area (Å²) in [5.74, 6) is 2.37. The Kier molecular flexibility index (Phi) is 7.82. The molecule has 0 spiro atoms. The van der Waals surface area contributed by atoms with Gasteiger partial charge in [0.15, 0.2) is 23.0 Å². The number of nitrogens with zero attached hydrogens (tertiary/aromatic N) is 1. The molecule has 0 heterocycles. The van der Waals surface area contributed by atoms with E-state index in [1.54, 1.807) is 45.8 Å². The van der Waals surface area contributed by atoms with E-state index in [9.17, 15) is 0 Å². The molecular formula is C20H23ClN2O4. The molecule has 6 nitrogen and oxygen atoms in total. The molecule has 0 saturated carbocycles. The number of benzene rings is 2. The van der Waals surface area contributed by atoms with E-state index in [2.05, 4.69) is 17.1 Å². The van der Waals surface area contributed by atoms with Gasteiger partial charge in [-0.15, -0.1) is 0 Å². The van der Waals surface area contributed by atoms with E-state index in [4.69, 9.17) is 30.5 Å². The lowest BCUT2D eigenvalue weighted by atomic mass is 10.2. The van der Waals surface area contributed by atoms with Crippen molar-refractivity contribution in [3.63, 3.8) is 0 Å². The standard InChI is InChI=1S/C20H23ClN2O4/c1-5-8-27-20-16(21)9-15(11-19(20)26-4)13-23-22-12-14-6-7-17(24-2)18(10-14)25-3/h5-7,9-11,13,22H,1,8,12H2,2-4H3/b23-13+. The SMILES string of the molecule is C=CCOc1c(Cl)cc(/C=N/NCc2ccc(OC)c(OC)c2)cc1OC. The van der Waals surface area contributed by atoms with E-state index >= 15 is 0 Å². The highest BCUT2D eigenvalue weighted by Crippen LogP contribution is 2.36. The summed E-state index contributed by atoms with van der Waals surface area (Å²) in [6.07, 6.45) is 3.30. The number of rotatable bonds is 10. The Balaban J connectivity index is 2.04. The molecule has 2 rings (SSSR count). The number of halogens is 1. The van der Waals surface area contributed by atoms with Crippen LogP contribution in [0.5, 0.6) is 23.0 Å². The average Bonchev–Trinajstić information content (AvgIpc) is 2.69. The summed E-state index contributed by atoms with van der Waals surface area (Å²) in [4.78, 5) is 0. The van der Waals surface area contributed by atoms with Crippen molar-refractivity contribution in [2.24, 2.45) is 5.10 Å². The average molecular weight is 391 g/mol. The molecule has 0 saturated heterocycles. The van der Waals surface area contributed by atoms with Gasteiger partial charge in [-0.25, -0.2) is 0 Å². The second kappa shape index (κ2) is 10.3. The normalized spacial score (nSPS) is 10.5. The van der Waals surface area contributed by atoms with Crippen molar-refractivity contribution in [2.75, 3.05) is 27.9 Å². The first-order valence-electron chi connectivity index (χ1n) is 8.21. The van der Waals surface area contributed by atoms with Gasteiger partial charge in [0.25, 0.3) is 0 Å². The van der Waals surface area contributed by atoms with Gasteiger partial charge in [0.05, 0.1) is 39.1 Å². The van der Waals surface area contributed by atoms with E-state index in [-0.39, 0.29) is 0 Å². The molecule has 7 heteroatoms. The van der Waals surface area contributed by atoms with Crippen LogP contribution in [-0.4, -0.2) is 34.2 Å². The molecule has 2 aromatic rings. The van der Waals surface area contributed by atoms with Crippen LogP contribution in [0.4, 0.5) is 0 Å². The first kappa shape index (κ1) is 20.5. The van der Waals surface area contributed by atoms with Crippen LogP contribution in [0.1, 0.15) is 11.1 Å². The predicted octanol–water partition coefficient (Wildman–Crippen LogP) is 4.05. The van der Waals surface area contributed by atoms with Crippen LogP contribution in [0, 0.1) is 0 Å². The van der Waals surface area contributed by atoms with Gasteiger partial charge in [0.1, 0.15) is 6.61 Å². The van der Waals surface area contributed by atoms with E-state index in [1.165, 1.54) is 0 Å². The Hall–Kier alpha value is -2.86. The van der Waals surface area contributed by atoms with Gasteiger partial charge >= 0.3 is 0 Å². The van der Waals surface area contributed by atoms with Crippen LogP contribution in [0.3, 0.4) is 0 Å². The molecule has 0 fully saturated rings. The Morgan fingerprint density at radius 2 is 1.78 bits per heavy atom. The predicted molar refractivity (Wildman–Crippen MR) is 108 cm³/mol. The summed E-state index contributed by atoms with van der Waals surface area (Å²) in [6, 6.07) is 9.24. The summed E-state index contributed by atoms with van der Waals surface area (Å²) >= 11 is 6.27. The minimum Gasteiger partial charge on any atom is -0.493 e. The molecule has 0 amide bonds. The lowest BCUT2D eigenvalue weighted by Gasteiger charge is -2.12. The van der Waals surface area contributed by atoms with Gasteiger partial charge in [-0.05, 0) is 35.4 Å². The monoisotopic (exact) mass is 390 g/mol. The first-order valence-corrected chi connectivity index (χ1v) is 8.58. The molecule has 0 aliphatic carbocycles. The Morgan fingerprint density at radius 1 is 1.04 bits per heavy atom. The lowest BCUT2D eigenvalue weighted by molar-refractivity contribution is 0.326. The molecule has 0 atom stereocenters. The molecule has 0 unspecified atom stereocenters. The van der Waals surface area contributed by atoms with E-state index in [1.807, 2.05) is 18.2 Å². The number of methoxy groups -OCH3 is 3. The third-order valence-corrected chi connectivity index (χ3v) is 3.91. The van der Waals surface area contributed by atoms with Crippen molar-refractivity contribution in [3.8, 4) is 23.0 Å². The Bertz CT molecular complexity index is 809. The fraction of sp³-hybridized carbons (Fsp3) is 0.250. The molecule has 0 bridgehead atoms. The zero-order chi connectivity index (χ0) is 19.6. The van der Waals surface area contributed by atoms with Gasteiger partial charge in [-0.2, -0.15) is 5.10 Å². The highest BCUT2D eigenvalue weighted by atomic mass is 35.5. The van der Waals surface area contributed by atoms with Crippen molar-refractivity contribution in [1.82, 2.24) is 5.43 Å². The van der Waals surface area contributed by atoms with Crippen LogP contribution in [0.2, 0.25) is 5.02 Å².